The van der Waals surface area contributed by atoms with Crippen LogP contribution in [0.1, 0.15) is 36.9 Å². The maximum absolute atomic E-state index is 12.1. The fraction of sp³-hybridized carbons (Fsp3) is 0.235. The van der Waals surface area contributed by atoms with Gasteiger partial charge in [-0.25, -0.2) is 18.4 Å². The van der Waals surface area contributed by atoms with Crippen LogP contribution < -0.4 is 15.2 Å². The first-order valence-corrected chi connectivity index (χ1v) is 8.64. The fourth-order valence-corrected chi connectivity index (χ4v) is 2.70. The Balaban J connectivity index is 2.55. The second-order valence-corrected chi connectivity index (χ2v) is 6.43. The van der Waals surface area contributed by atoms with Gasteiger partial charge >= 0.3 is 5.97 Å². The van der Waals surface area contributed by atoms with Crippen LogP contribution in [0, 0.1) is 0 Å². The predicted octanol–water partition coefficient (Wildman–Crippen LogP) is 3.04. The number of nitrogens with one attached hydrogen (secondary N) is 1. The molecule has 0 radical (unpaired) electrons. The van der Waals surface area contributed by atoms with Crippen molar-refractivity contribution < 1.29 is 29.9 Å². The quantitative estimate of drug-likeness (QED) is 0.658. The number of aromatic carboxylic acids is 1. The van der Waals surface area contributed by atoms with Crippen LogP contribution in [0.5, 0.6) is 11.5 Å². The highest BCUT2D eigenvalue weighted by Gasteiger charge is 2.23. The van der Waals surface area contributed by atoms with E-state index in [4.69, 9.17) is 16.7 Å². The average Bonchev–Trinajstić information content (AvgIpc) is 2.58. The Morgan fingerprint density at radius 2 is 2.08 bits per heavy atom. The van der Waals surface area contributed by atoms with Crippen molar-refractivity contribution in [2.24, 2.45) is 5.14 Å². The minimum Gasteiger partial charge on any atom is -0.478 e. The number of carboxylic acid groups (broad SMARTS) is 1. The van der Waals surface area contributed by atoms with Crippen molar-refractivity contribution in [1.29, 1.82) is 0 Å². The van der Waals surface area contributed by atoms with Crippen LogP contribution in [-0.4, -0.2) is 26.0 Å². The highest BCUT2D eigenvalue weighted by atomic mass is 32.2. The maximum atomic E-state index is 12.1. The third-order valence-corrected chi connectivity index (χ3v) is 4.02. The first-order chi connectivity index (χ1) is 13.7. The molecule has 0 unspecified atom stereocenters. The lowest BCUT2D eigenvalue weighted by Crippen LogP contribution is -2.16. The van der Waals surface area contributed by atoms with Crippen molar-refractivity contribution in [2.75, 3.05) is 11.9 Å². The zero-order chi connectivity index (χ0) is 22.7. The molecular formula is C17H20N2O5S. The molecule has 0 bridgehead atoms. The van der Waals surface area contributed by atoms with Gasteiger partial charge in [-0.15, -0.1) is 0 Å². The van der Waals surface area contributed by atoms with Crippen LogP contribution >= 0.6 is 0 Å². The Kier molecular flexibility index (Phi) is 4.07. The van der Waals surface area contributed by atoms with E-state index in [9.17, 15) is 18.3 Å². The summed E-state index contributed by atoms with van der Waals surface area (Å²) in [5.74, 6) is -1.56. The summed E-state index contributed by atoms with van der Waals surface area (Å²) >= 11 is 0. The normalized spacial score (nSPS) is 15.2. The van der Waals surface area contributed by atoms with Gasteiger partial charge in [-0.2, -0.15) is 0 Å². The third kappa shape index (κ3) is 4.94. The SMILES string of the molecule is [2H]C([2H])([2H])CC([2H])([2H])CNc1cc(C(=O)O)cc(S(N)(=O)=O)c1Oc1ccccc1. The number of carboxylic acids is 1. The molecule has 0 heterocycles. The first kappa shape index (κ1) is 12.7. The van der Waals surface area contributed by atoms with E-state index in [0.29, 0.717) is 0 Å². The predicted molar refractivity (Wildman–Crippen MR) is 94.7 cm³/mol. The van der Waals surface area contributed by atoms with Crippen molar-refractivity contribution in [2.45, 2.75) is 24.5 Å². The molecule has 2 aromatic rings. The zero-order valence-corrected chi connectivity index (χ0v) is 13.8. The molecule has 4 N–H and O–H groups in total. The largest absolute Gasteiger partial charge is 0.478 e. The van der Waals surface area contributed by atoms with E-state index in [1.165, 1.54) is 12.1 Å². The molecule has 0 saturated heterocycles. The standard InChI is InChI=1S/C17H20N2O5S/c1-2-3-9-19-14-10-12(17(20)21)11-15(25(18,22)23)16(14)24-13-7-5-4-6-8-13/h4-8,10-11,19H,2-3,9H2,1H3,(H,20,21)(H2,18,22,23)/i1D3,3D2. The van der Waals surface area contributed by atoms with Crippen LogP contribution in [0.15, 0.2) is 47.4 Å². The van der Waals surface area contributed by atoms with Gasteiger partial charge in [0.25, 0.3) is 0 Å². The molecule has 2 rings (SSSR count). The number of primary sulfonamides is 1. The number of sulfonamides is 1. The van der Waals surface area contributed by atoms with E-state index in [-0.39, 0.29) is 17.2 Å². The second-order valence-electron chi connectivity index (χ2n) is 4.90. The summed E-state index contributed by atoms with van der Waals surface area (Å²) in [5.41, 5.74) is -0.601. The van der Waals surface area contributed by atoms with Gasteiger partial charge in [0.1, 0.15) is 10.6 Å². The molecule has 0 aliphatic rings. The molecule has 7 nitrogen and oxygen atoms in total. The summed E-state index contributed by atoms with van der Waals surface area (Å²) in [5, 5.41) is 17.1. The van der Waals surface area contributed by atoms with Crippen molar-refractivity contribution in [3.63, 3.8) is 0 Å². The molecule has 25 heavy (non-hydrogen) atoms. The molecule has 8 heteroatoms. The summed E-state index contributed by atoms with van der Waals surface area (Å²) in [6.45, 7) is -3.09. The van der Waals surface area contributed by atoms with E-state index in [0.717, 1.165) is 12.1 Å². The highest BCUT2D eigenvalue weighted by molar-refractivity contribution is 7.89. The average molecular weight is 369 g/mol. The van der Waals surface area contributed by atoms with Crippen LogP contribution in [-0.2, 0) is 10.0 Å². The zero-order valence-electron chi connectivity index (χ0n) is 18.0. The topological polar surface area (TPSA) is 119 Å². The number of carbonyl (C=O) groups is 1. The molecule has 0 amide bonds. The lowest BCUT2D eigenvalue weighted by molar-refractivity contribution is 0.0696. The number of hydrogen-bond acceptors (Lipinski definition) is 5. The summed E-state index contributed by atoms with van der Waals surface area (Å²) < 4.78 is 67.3. The number of hydrogen-bond donors (Lipinski definition) is 3. The molecule has 0 saturated carbocycles. The fourth-order valence-electron chi connectivity index (χ4n) is 2.00. The van der Waals surface area contributed by atoms with Gasteiger partial charge in [0.15, 0.2) is 5.75 Å². The van der Waals surface area contributed by atoms with Crippen LogP contribution in [0.4, 0.5) is 5.69 Å². The minimum absolute atomic E-state index is 0.169. The number of nitrogens with two attached hydrogens (primary N) is 1. The van der Waals surface area contributed by atoms with Crippen molar-refractivity contribution in [1.82, 2.24) is 0 Å². The molecule has 0 spiro atoms. The van der Waals surface area contributed by atoms with E-state index in [1.54, 1.807) is 18.2 Å². The Morgan fingerprint density at radius 3 is 2.68 bits per heavy atom. The number of rotatable bonds is 8. The van der Waals surface area contributed by atoms with Crippen molar-refractivity contribution in [3.8, 4) is 11.5 Å². The Morgan fingerprint density at radius 1 is 1.36 bits per heavy atom. The maximum Gasteiger partial charge on any atom is 0.335 e. The monoisotopic (exact) mass is 369 g/mol. The smallest absolute Gasteiger partial charge is 0.335 e. The van der Waals surface area contributed by atoms with E-state index in [2.05, 4.69) is 5.32 Å². The van der Waals surface area contributed by atoms with Crippen LogP contribution in [0.25, 0.3) is 0 Å². The molecular weight excluding hydrogens is 344 g/mol. The van der Waals surface area contributed by atoms with Crippen LogP contribution in [0.3, 0.4) is 0 Å². The summed E-state index contributed by atoms with van der Waals surface area (Å²) in [6, 6.07) is 9.88. The third-order valence-electron chi connectivity index (χ3n) is 3.10. The van der Waals surface area contributed by atoms with E-state index in [1.807, 2.05) is 0 Å². The van der Waals surface area contributed by atoms with E-state index < -0.39 is 52.6 Å². The molecule has 0 atom stereocenters. The highest BCUT2D eigenvalue weighted by Crippen LogP contribution is 2.37. The summed E-state index contributed by atoms with van der Waals surface area (Å²) in [6.07, 6.45) is -2.99. The van der Waals surface area contributed by atoms with Gasteiger partial charge in [0.2, 0.25) is 10.0 Å². The Bertz CT molecular complexity index is 1030. The molecule has 2 aromatic carbocycles. The van der Waals surface area contributed by atoms with Gasteiger partial charge < -0.3 is 15.2 Å². The van der Waals surface area contributed by atoms with Crippen LogP contribution in [0.2, 0.25) is 0 Å². The Hall–Kier alpha value is -2.58. The van der Waals surface area contributed by atoms with Gasteiger partial charge in [-0.1, -0.05) is 31.5 Å². The number of benzene rings is 2. The summed E-state index contributed by atoms with van der Waals surface area (Å²) in [4.78, 5) is 10.8. The number of para-hydroxylation sites is 1. The number of ether oxygens (including phenoxy) is 1. The van der Waals surface area contributed by atoms with E-state index >= 15 is 0 Å². The molecule has 0 aromatic heterocycles. The number of anilines is 1. The molecule has 134 valence electrons. The van der Waals surface area contributed by atoms with Gasteiger partial charge in [-0.3, -0.25) is 0 Å². The Labute approximate surface area is 153 Å². The van der Waals surface area contributed by atoms with Gasteiger partial charge in [0.05, 0.1) is 11.3 Å². The van der Waals surface area contributed by atoms with Crippen molar-refractivity contribution in [3.05, 3.63) is 48.0 Å². The molecule has 0 aliphatic heterocycles. The first-order valence-electron chi connectivity index (χ1n) is 9.59. The van der Waals surface area contributed by atoms with Gasteiger partial charge in [0, 0.05) is 13.4 Å². The molecule has 0 aliphatic carbocycles. The lowest BCUT2D eigenvalue weighted by atomic mass is 10.1. The second kappa shape index (κ2) is 8.00. The van der Waals surface area contributed by atoms with Crippen molar-refractivity contribution >= 4 is 21.7 Å². The minimum atomic E-state index is -4.43. The summed E-state index contributed by atoms with van der Waals surface area (Å²) in [7, 11) is -4.43. The molecule has 0 fully saturated rings. The lowest BCUT2D eigenvalue weighted by Gasteiger charge is -2.17. The van der Waals surface area contributed by atoms with Gasteiger partial charge in [-0.05, 0) is 30.6 Å².